The molecule has 0 spiro atoms. The van der Waals surface area contributed by atoms with Gasteiger partial charge in [-0.1, -0.05) is 460 Å². The Kier molecular flexibility index (Phi) is 12.2. The van der Waals surface area contributed by atoms with Gasteiger partial charge in [0.1, 0.15) is 33.5 Å². The number of fused-ring (bicyclic) bond motifs is 24. The Bertz CT molecular complexity index is 11700. The van der Waals surface area contributed by atoms with E-state index in [0.717, 1.165) is 125 Å². The van der Waals surface area contributed by atoms with Gasteiger partial charge < -0.3 is 13.3 Å². The molecule has 0 aliphatic carbocycles. The average molecular weight is 1750 g/mol. The number of hydrogen-bond acceptors (Lipinski definition) is 3. The lowest BCUT2D eigenvalue weighted by atomic mass is 9.84. The minimum Gasteiger partial charge on any atom is -0.455 e. The Morgan fingerprint density at radius 1 is 0.141 bits per heavy atom. The minimum absolute atomic E-state index is 0.0207. The number of rotatable bonds is 8. The van der Waals surface area contributed by atoms with Crippen LogP contribution in [0.25, 0.3) is 284 Å². The summed E-state index contributed by atoms with van der Waals surface area (Å²) in [5.74, 6) is 0. The van der Waals surface area contributed by atoms with Crippen LogP contribution >= 0.6 is 0 Å². The first-order chi connectivity index (χ1) is 79.9. The van der Waals surface area contributed by atoms with E-state index in [1.807, 2.05) is 231 Å². The predicted octanol–water partition coefficient (Wildman–Crippen LogP) is 37.9. The van der Waals surface area contributed by atoms with E-state index >= 15 is 0 Å². The van der Waals surface area contributed by atoms with E-state index in [-0.39, 0.29) is 135 Å². The van der Waals surface area contributed by atoms with Crippen LogP contribution in [0.5, 0.6) is 0 Å². The van der Waals surface area contributed by atoms with Crippen molar-refractivity contribution in [1.29, 1.82) is 0 Å². The molecule has 626 valence electrons. The average Bonchev–Trinajstić information content (AvgIpc) is 0.913. The molecule has 0 aliphatic rings. The van der Waals surface area contributed by atoms with E-state index in [4.69, 9.17) is 37.9 Å². The van der Waals surface area contributed by atoms with E-state index in [9.17, 15) is 17.8 Å². The Hall–Kier alpha value is -17.8. The monoisotopic (exact) mass is 1740 g/mol. The summed E-state index contributed by atoms with van der Waals surface area (Å²) in [4.78, 5) is 0. The van der Waals surface area contributed by atoms with Crippen molar-refractivity contribution in [2.24, 2.45) is 0 Å². The summed E-state index contributed by atoms with van der Waals surface area (Å²) >= 11 is 0. The fourth-order valence-corrected chi connectivity index (χ4v) is 20.3. The molecule has 29 rings (SSSR count). The topological polar surface area (TPSA) is 39.4 Å². The van der Waals surface area contributed by atoms with Crippen molar-refractivity contribution in [2.75, 3.05) is 0 Å². The fourth-order valence-electron chi connectivity index (χ4n) is 20.3. The lowest BCUT2D eigenvalue weighted by Gasteiger charge is -2.19. The first-order valence-corrected chi connectivity index (χ1v) is 44.0. The van der Waals surface area contributed by atoms with Gasteiger partial charge in [0, 0.05) is 54.6 Å². The minimum atomic E-state index is -0.760. The maximum Gasteiger partial charge on any atom is 0.143 e. The number of hydrogen-bond donors (Lipinski definition) is 0. The third kappa shape index (κ3) is 12.5. The number of furan rings is 3. The number of benzene rings is 26. The van der Waals surface area contributed by atoms with Crippen molar-refractivity contribution in [3.63, 3.8) is 0 Å². The molecule has 0 radical (unpaired) electrons. The molecule has 29 aromatic rings. The van der Waals surface area contributed by atoms with Gasteiger partial charge in [-0.2, -0.15) is 0 Å². The smallest absolute Gasteiger partial charge is 0.143 e. The van der Waals surface area contributed by atoms with Crippen LogP contribution in [-0.4, -0.2) is 0 Å². The quantitative estimate of drug-likeness (QED) is 0.142. The lowest BCUT2D eigenvalue weighted by molar-refractivity contribution is 0.670. The zero-order valence-corrected chi connectivity index (χ0v) is 71.0. The third-order valence-corrected chi connectivity index (χ3v) is 26.2. The molecule has 26 aromatic carbocycles. The maximum absolute atomic E-state index is 9.38. The summed E-state index contributed by atoms with van der Waals surface area (Å²) in [5.41, 5.74) is 10.2. The summed E-state index contributed by atoms with van der Waals surface area (Å²) in [5, 5.41) is 14.8. The predicted molar refractivity (Wildman–Crippen MR) is 575 cm³/mol. The Labute approximate surface area is 820 Å². The summed E-state index contributed by atoms with van der Waals surface area (Å²) in [7, 11) is 0. The molecular formula is C132H80O3. The van der Waals surface area contributed by atoms with Gasteiger partial charge in [-0.3, -0.25) is 0 Å². The molecule has 0 saturated heterocycles. The first kappa shape index (κ1) is 52.2. The highest BCUT2D eigenvalue weighted by Gasteiger charge is 2.26. The highest BCUT2D eigenvalue weighted by Crippen LogP contribution is 2.53. The summed E-state index contributed by atoms with van der Waals surface area (Å²) < 4.78 is 298. The SMILES string of the molecule is [2H]c1c([2H])c([2H])c2c(-c3c4c([2H])c([2H])c([2H])c([2H])c4c(-c4cccc5c4oc4ccc6ccccc6c45)c4c([2H])c([2H])c([2H])c([2H])c34)c([2H])c([2H])c([2H])c2c1[2H].[2H]c1c([2H])c([2H])c2c(-c3ccc4ccccc4c3)c3c([2H])c([2H])c([2H])c([2H])c3c(-c3ccc(-c4cccc5c4oc4ccc6ccccc6c45)cc3)c2c1[2H].[2H]c1c([2H])c([2H])c2c(-c3cccc4ccccc34)c3c([2H])c([2H])c([2H])c([2H])c3c(-c3ccc(-c4cccc5c4oc4ccc6ccccc6c45)cc3)c2c1[2H]. The van der Waals surface area contributed by atoms with Crippen molar-refractivity contribution < 1.29 is 55.7 Å². The Morgan fingerprint density at radius 3 is 0.830 bits per heavy atom. The summed E-state index contributed by atoms with van der Waals surface area (Å²) in [6.07, 6.45) is 0. The zero-order valence-electron chi connectivity index (χ0n) is 102. The van der Waals surface area contributed by atoms with Gasteiger partial charge >= 0.3 is 0 Å². The van der Waals surface area contributed by atoms with Crippen LogP contribution in [0.2, 0.25) is 0 Å². The third-order valence-electron chi connectivity index (χ3n) is 26.2. The molecule has 0 unspecified atom stereocenters. The molecule has 3 heteroatoms. The van der Waals surface area contributed by atoms with Gasteiger partial charge in [0.25, 0.3) is 0 Å². The molecule has 0 saturated carbocycles. The second kappa shape index (κ2) is 31.5. The van der Waals surface area contributed by atoms with Crippen LogP contribution in [0, 0.1) is 0 Å². The van der Waals surface area contributed by atoms with Crippen LogP contribution in [0.3, 0.4) is 0 Å². The van der Waals surface area contributed by atoms with Gasteiger partial charge in [0.15, 0.2) is 0 Å². The van der Waals surface area contributed by atoms with Crippen LogP contribution in [0.4, 0.5) is 0 Å². The van der Waals surface area contributed by atoms with Crippen molar-refractivity contribution in [1.82, 2.24) is 0 Å². The molecule has 0 atom stereocenters. The maximum atomic E-state index is 9.38. The van der Waals surface area contributed by atoms with Crippen LogP contribution in [0.15, 0.2) is 498 Å². The summed E-state index contributed by atoms with van der Waals surface area (Å²) in [6.45, 7) is 0. The molecule has 0 bridgehead atoms. The van der Waals surface area contributed by atoms with E-state index in [0.29, 0.717) is 55.5 Å². The van der Waals surface area contributed by atoms with E-state index in [1.165, 1.54) is 0 Å². The molecule has 3 nitrogen and oxygen atoms in total. The molecule has 0 aliphatic heterocycles. The molecule has 3 heterocycles. The fraction of sp³-hybridized carbons (Fsp3) is 0. The van der Waals surface area contributed by atoms with Crippen molar-refractivity contribution in [3.05, 3.63) is 485 Å². The largest absolute Gasteiger partial charge is 0.455 e. The molecular weight excluding hydrogens is 1630 g/mol. The molecule has 3 aromatic heterocycles. The van der Waals surface area contributed by atoms with Gasteiger partial charge in [-0.25, -0.2) is 0 Å². The van der Waals surface area contributed by atoms with E-state index in [2.05, 4.69) is 48.5 Å². The summed E-state index contributed by atoms with van der Waals surface area (Å²) in [6, 6.07) is 78.9. The highest BCUT2D eigenvalue weighted by molar-refractivity contribution is 6.30. The number of para-hydroxylation sites is 3. The Balaban J connectivity index is 0.000000119. The highest BCUT2D eigenvalue weighted by atomic mass is 16.3. The second-order valence-corrected chi connectivity index (χ2v) is 33.3. The normalized spacial score (nSPS) is 15.1. The van der Waals surface area contributed by atoms with Gasteiger partial charge in [0.05, 0.1) is 42.5 Å². The van der Waals surface area contributed by atoms with Gasteiger partial charge in [-0.15, -0.1) is 0 Å². The van der Waals surface area contributed by atoms with Crippen molar-refractivity contribution in [2.45, 2.75) is 0 Å². The molecule has 0 amide bonds. The zero-order chi connectivity index (χ0) is 116. The molecule has 0 fully saturated rings. The van der Waals surface area contributed by atoms with Crippen molar-refractivity contribution >= 4 is 195 Å². The van der Waals surface area contributed by atoms with Crippen LogP contribution < -0.4 is 0 Å². The van der Waals surface area contributed by atoms with Crippen molar-refractivity contribution in [3.8, 4) is 89.0 Å². The van der Waals surface area contributed by atoms with Gasteiger partial charge in [0.2, 0.25) is 0 Å². The Morgan fingerprint density at radius 2 is 0.407 bits per heavy atom. The standard InChI is InChI=1S/2C46H28O.C40H24O/c1-3-14-33-29(11-1)13-9-21-36(33)44-39-18-7-5-16-37(39)43(38-17-6-8-19-40(38)44)32-25-23-31(24-26-32)35-20-10-22-41-45-34-15-4-2-12-30(34)27-28-42(45)47-46(35)41;1-2-12-33-28-34(25-20-29(33)10-1)44-39-16-7-5-14-37(39)43(38-15-6-8-17-40(38)44)32-23-21-31(22-24-32)36-18-9-19-41-45-35-13-4-3-11-30(35)26-27-42(45)47-46(36)41;1-3-14-27-25(11-1)13-9-20-29(27)37-30-16-5-7-18-32(30)38(33-19-8-6-17-31(33)37)34-21-10-22-35-39-28-15-4-2-12-26(28)23-24-36(39)41-40(34)35/h2*1-28H;1-24H/i5D,6D,7D,8D,16D,17D,18D,19D;5D,6D,7D,8D,14D,15D,16D,17D;1D,3D,5D,6D,7D,8D,9D,11D,13D,14D,16D,17D,18D,19D,20D. The van der Waals surface area contributed by atoms with E-state index in [1.54, 1.807) is 18.2 Å². The first-order valence-electron chi connectivity index (χ1n) is 59.5. The van der Waals surface area contributed by atoms with Gasteiger partial charge in [-0.05, 0) is 220 Å². The van der Waals surface area contributed by atoms with Crippen LogP contribution in [0.1, 0.15) is 42.5 Å². The molecule has 135 heavy (non-hydrogen) atoms. The molecule has 0 N–H and O–H groups in total. The van der Waals surface area contributed by atoms with Crippen LogP contribution in [-0.2, 0) is 0 Å². The van der Waals surface area contributed by atoms with E-state index < -0.39 is 155 Å². The second-order valence-electron chi connectivity index (χ2n) is 33.3. The lowest BCUT2D eigenvalue weighted by Crippen LogP contribution is -1.91.